The second-order valence-corrected chi connectivity index (χ2v) is 5.03. The van der Waals surface area contributed by atoms with Crippen molar-refractivity contribution in [2.45, 2.75) is 6.04 Å². The number of nitrogens with zero attached hydrogens (tertiary/aromatic N) is 1. The van der Waals surface area contributed by atoms with Crippen LogP contribution in [0.15, 0.2) is 60.7 Å². The van der Waals surface area contributed by atoms with Crippen LogP contribution in [0.3, 0.4) is 0 Å². The molecule has 0 aromatic heterocycles. The average molecular weight is 282 g/mol. The summed E-state index contributed by atoms with van der Waals surface area (Å²) >= 11 is 5.29. The zero-order chi connectivity index (χ0) is 13.9. The van der Waals surface area contributed by atoms with Crippen molar-refractivity contribution in [3.63, 3.8) is 0 Å². The molecule has 0 saturated carbocycles. The van der Waals surface area contributed by atoms with Crippen molar-refractivity contribution in [3.8, 4) is 0 Å². The van der Waals surface area contributed by atoms with Crippen LogP contribution in [-0.4, -0.2) is 22.5 Å². The Morgan fingerprint density at radius 3 is 1.85 bits per heavy atom. The molecule has 1 aliphatic heterocycles. The van der Waals surface area contributed by atoms with E-state index in [1.165, 1.54) is 0 Å². The van der Waals surface area contributed by atoms with E-state index in [0.717, 1.165) is 11.1 Å². The van der Waals surface area contributed by atoms with Gasteiger partial charge in [-0.3, -0.25) is 9.69 Å². The van der Waals surface area contributed by atoms with Crippen molar-refractivity contribution in [1.82, 2.24) is 10.2 Å². The second-order valence-electron chi connectivity index (χ2n) is 4.65. The Balaban J connectivity index is 2.09. The van der Waals surface area contributed by atoms with Gasteiger partial charge in [-0.05, 0) is 23.3 Å². The highest BCUT2D eigenvalue weighted by Gasteiger charge is 2.33. The molecule has 2 aromatic carbocycles. The number of thiocarbonyl (C=S) groups is 1. The predicted molar refractivity (Wildman–Crippen MR) is 82.2 cm³/mol. The van der Waals surface area contributed by atoms with Crippen molar-refractivity contribution in [3.05, 3.63) is 71.8 Å². The summed E-state index contributed by atoms with van der Waals surface area (Å²) in [6.07, 6.45) is 0. The Kier molecular flexibility index (Phi) is 3.48. The summed E-state index contributed by atoms with van der Waals surface area (Å²) in [7, 11) is 0. The average Bonchev–Trinajstić information content (AvgIpc) is 2.82. The lowest BCUT2D eigenvalue weighted by Gasteiger charge is -2.27. The molecule has 0 radical (unpaired) electrons. The first-order chi connectivity index (χ1) is 9.77. The smallest absolute Gasteiger partial charge is 0.248 e. The second kappa shape index (κ2) is 5.43. The number of hydrogen-bond donors (Lipinski definition) is 1. The molecule has 1 N–H and O–H groups in total. The van der Waals surface area contributed by atoms with Crippen LogP contribution in [0.5, 0.6) is 0 Å². The number of amides is 1. The van der Waals surface area contributed by atoms with Crippen LogP contribution in [-0.2, 0) is 4.79 Å². The van der Waals surface area contributed by atoms with Crippen LogP contribution in [0.1, 0.15) is 17.2 Å². The van der Waals surface area contributed by atoms with Crippen LogP contribution >= 0.6 is 12.2 Å². The molecule has 3 nitrogen and oxygen atoms in total. The van der Waals surface area contributed by atoms with E-state index in [2.05, 4.69) is 5.32 Å². The topological polar surface area (TPSA) is 32.3 Å². The van der Waals surface area contributed by atoms with E-state index in [4.69, 9.17) is 12.2 Å². The van der Waals surface area contributed by atoms with Crippen molar-refractivity contribution in [2.24, 2.45) is 0 Å². The molecule has 0 atom stereocenters. The van der Waals surface area contributed by atoms with Gasteiger partial charge in [-0.15, -0.1) is 0 Å². The number of benzene rings is 2. The highest BCUT2D eigenvalue weighted by molar-refractivity contribution is 7.80. The SMILES string of the molecule is O=C1CNC(=S)N1C(c1ccccc1)c1ccccc1. The fourth-order valence-electron chi connectivity index (χ4n) is 2.46. The van der Waals surface area contributed by atoms with E-state index in [1.54, 1.807) is 4.90 Å². The van der Waals surface area contributed by atoms with Crippen molar-refractivity contribution < 1.29 is 4.79 Å². The molecule has 1 aliphatic rings. The molecule has 1 saturated heterocycles. The van der Waals surface area contributed by atoms with Crippen LogP contribution in [0, 0.1) is 0 Å². The minimum atomic E-state index is -0.174. The van der Waals surface area contributed by atoms with Crippen LogP contribution in [0.25, 0.3) is 0 Å². The van der Waals surface area contributed by atoms with Crippen LogP contribution < -0.4 is 5.32 Å². The van der Waals surface area contributed by atoms with Crippen molar-refractivity contribution in [1.29, 1.82) is 0 Å². The van der Waals surface area contributed by atoms with Gasteiger partial charge in [0.15, 0.2) is 5.11 Å². The summed E-state index contributed by atoms with van der Waals surface area (Å²) < 4.78 is 0. The molecule has 1 fully saturated rings. The number of carbonyl (C=O) groups is 1. The molecule has 0 bridgehead atoms. The van der Waals surface area contributed by atoms with Crippen LogP contribution in [0.4, 0.5) is 0 Å². The number of nitrogens with one attached hydrogen (secondary N) is 1. The van der Waals surface area contributed by atoms with Gasteiger partial charge in [0.25, 0.3) is 0 Å². The Labute approximate surface area is 123 Å². The zero-order valence-corrected chi connectivity index (χ0v) is 11.6. The zero-order valence-electron chi connectivity index (χ0n) is 10.8. The van der Waals surface area contributed by atoms with E-state index < -0.39 is 0 Å². The third-order valence-corrected chi connectivity index (χ3v) is 3.71. The molecular formula is C16H14N2OS. The van der Waals surface area contributed by atoms with E-state index in [1.807, 2.05) is 60.7 Å². The van der Waals surface area contributed by atoms with E-state index >= 15 is 0 Å². The van der Waals surface area contributed by atoms with Gasteiger partial charge < -0.3 is 5.32 Å². The Morgan fingerprint density at radius 1 is 0.950 bits per heavy atom. The van der Waals surface area contributed by atoms with Gasteiger partial charge in [0.2, 0.25) is 5.91 Å². The molecule has 0 aliphatic carbocycles. The van der Waals surface area contributed by atoms with Gasteiger partial charge in [-0.25, -0.2) is 0 Å². The Bertz CT molecular complexity index is 572. The molecule has 0 spiro atoms. The van der Waals surface area contributed by atoms with E-state index in [-0.39, 0.29) is 18.5 Å². The summed E-state index contributed by atoms with van der Waals surface area (Å²) in [5.41, 5.74) is 2.11. The van der Waals surface area contributed by atoms with Gasteiger partial charge in [-0.1, -0.05) is 60.7 Å². The number of carbonyl (C=O) groups excluding carboxylic acids is 1. The molecule has 0 unspecified atom stereocenters. The normalized spacial score (nSPS) is 14.8. The predicted octanol–water partition coefficient (Wildman–Crippen LogP) is 2.49. The first-order valence-corrected chi connectivity index (χ1v) is 6.88. The lowest BCUT2D eigenvalue weighted by atomic mass is 9.97. The number of rotatable bonds is 3. The van der Waals surface area contributed by atoms with Crippen LogP contribution in [0.2, 0.25) is 0 Å². The maximum absolute atomic E-state index is 12.1. The van der Waals surface area contributed by atoms with E-state index in [9.17, 15) is 4.79 Å². The summed E-state index contributed by atoms with van der Waals surface area (Å²) in [6.45, 7) is 0.273. The monoisotopic (exact) mass is 282 g/mol. The molecule has 3 rings (SSSR count). The van der Waals surface area contributed by atoms with E-state index in [0.29, 0.717) is 5.11 Å². The first kappa shape index (κ1) is 12.8. The third-order valence-electron chi connectivity index (χ3n) is 3.37. The summed E-state index contributed by atoms with van der Waals surface area (Å²) in [5.74, 6) is 0.00714. The fourth-order valence-corrected chi connectivity index (χ4v) is 2.74. The standard InChI is InChI=1S/C16H14N2OS/c19-14-11-17-16(20)18(14)15(12-7-3-1-4-8-12)13-9-5-2-6-10-13/h1-10,15H,11H2,(H,17,20). The fraction of sp³-hybridized carbons (Fsp3) is 0.125. The van der Waals surface area contributed by atoms with Crippen molar-refractivity contribution in [2.75, 3.05) is 6.54 Å². The lowest BCUT2D eigenvalue weighted by Crippen LogP contribution is -2.35. The first-order valence-electron chi connectivity index (χ1n) is 6.47. The van der Waals surface area contributed by atoms with Crippen molar-refractivity contribution >= 4 is 23.2 Å². The van der Waals surface area contributed by atoms with Gasteiger partial charge in [0.1, 0.15) is 0 Å². The summed E-state index contributed by atoms with van der Waals surface area (Å²) in [4.78, 5) is 13.8. The Hall–Kier alpha value is -2.20. The molecule has 100 valence electrons. The van der Waals surface area contributed by atoms with Gasteiger partial charge in [0, 0.05) is 0 Å². The minimum Gasteiger partial charge on any atom is -0.353 e. The highest BCUT2D eigenvalue weighted by atomic mass is 32.1. The largest absolute Gasteiger partial charge is 0.353 e. The highest BCUT2D eigenvalue weighted by Crippen LogP contribution is 2.30. The van der Waals surface area contributed by atoms with Gasteiger partial charge in [-0.2, -0.15) is 0 Å². The molecular weight excluding hydrogens is 268 g/mol. The summed E-state index contributed by atoms with van der Waals surface area (Å²) in [5, 5.41) is 3.44. The quantitative estimate of drug-likeness (QED) is 0.878. The molecule has 2 aromatic rings. The molecule has 1 heterocycles. The minimum absolute atomic E-state index is 0.00714. The van der Waals surface area contributed by atoms with Gasteiger partial charge >= 0.3 is 0 Å². The molecule has 1 amide bonds. The molecule has 20 heavy (non-hydrogen) atoms. The Morgan fingerprint density at radius 2 is 1.45 bits per heavy atom. The maximum Gasteiger partial charge on any atom is 0.248 e. The third kappa shape index (κ3) is 2.30. The lowest BCUT2D eigenvalue weighted by molar-refractivity contribution is -0.125. The van der Waals surface area contributed by atoms with Gasteiger partial charge in [0.05, 0.1) is 12.6 Å². The summed E-state index contributed by atoms with van der Waals surface area (Å²) in [6, 6.07) is 19.7. The molecule has 4 heteroatoms. The maximum atomic E-state index is 12.1. The number of hydrogen-bond acceptors (Lipinski definition) is 2.